The van der Waals surface area contributed by atoms with E-state index in [-0.39, 0.29) is 17.6 Å². The lowest BCUT2D eigenvalue weighted by Gasteiger charge is -2.33. The average Bonchev–Trinajstić information content (AvgIpc) is 3.26. The molecule has 0 bridgehead atoms. The molecule has 2 heterocycles. The summed E-state index contributed by atoms with van der Waals surface area (Å²) in [6.45, 7) is 2.65. The van der Waals surface area contributed by atoms with Crippen LogP contribution in [0.3, 0.4) is 0 Å². The van der Waals surface area contributed by atoms with Gasteiger partial charge in [-0.3, -0.25) is 9.59 Å². The first-order chi connectivity index (χ1) is 13.5. The van der Waals surface area contributed by atoms with Crippen molar-refractivity contribution in [2.75, 3.05) is 24.3 Å². The number of fused-ring (bicyclic) bond motifs is 2. The van der Waals surface area contributed by atoms with Crippen molar-refractivity contribution in [2.45, 2.75) is 24.8 Å². The number of hydrogen-bond donors (Lipinski definition) is 0. The van der Waals surface area contributed by atoms with Gasteiger partial charge < -0.3 is 14.5 Å². The maximum Gasteiger partial charge on any atom is 0.268 e. The number of carbonyl (C=O) groups is 2. The molecule has 7 heteroatoms. The lowest BCUT2D eigenvalue weighted by atomic mass is 10.0. The van der Waals surface area contributed by atoms with E-state index in [4.69, 9.17) is 4.74 Å². The number of ether oxygens (including phenoxy) is 1. The molecule has 0 aromatic heterocycles. The van der Waals surface area contributed by atoms with E-state index in [9.17, 15) is 14.0 Å². The summed E-state index contributed by atoms with van der Waals surface area (Å²) in [5, 5.41) is 0. The minimum absolute atomic E-state index is 0.0456. The number of nitrogens with zero attached hydrogens (tertiary/aromatic N) is 2. The monoisotopic (exact) mass is 400 g/mol. The zero-order valence-corrected chi connectivity index (χ0v) is 16.6. The lowest BCUT2D eigenvalue weighted by molar-refractivity contribution is -0.139. The summed E-state index contributed by atoms with van der Waals surface area (Å²) in [6.07, 6.45) is 0.340. The Morgan fingerprint density at radius 1 is 1.25 bits per heavy atom. The van der Waals surface area contributed by atoms with Gasteiger partial charge in [-0.05, 0) is 35.9 Å². The van der Waals surface area contributed by atoms with Crippen LogP contribution >= 0.6 is 11.8 Å². The molecule has 5 nitrogen and oxygen atoms in total. The highest BCUT2D eigenvalue weighted by Crippen LogP contribution is 2.55. The Morgan fingerprint density at radius 2 is 2.00 bits per heavy atom. The van der Waals surface area contributed by atoms with Crippen molar-refractivity contribution >= 4 is 29.3 Å². The quantitative estimate of drug-likeness (QED) is 0.788. The summed E-state index contributed by atoms with van der Waals surface area (Å²) in [4.78, 5) is 28.7. The Kier molecular flexibility index (Phi) is 4.79. The number of anilines is 1. The number of rotatable bonds is 4. The summed E-state index contributed by atoms with van der Waals surface area (Å²) in [5.74, 6) is 0.841. The number of hydrogen-bond acceptors (Lipinski definition) is 4. The molecule has 146 valence electrons. The smallest absolute Gasteiger partial charge is 0.268 e. The minimum atomic E-state index is -1.06. The van der Waals surface area contributed by atoms with Crippen LogP contribution < -0.4 is 9.64 Å². The molecule has 4 rings (SSSR count). The minimum Gasteiger partial charge on any atom is -0.497 e. The molecule has 2 amide bonds. The third-order valence-corrected chi connectivity index (χ3v) is 6.68. The van der Waals surface area contributed by atoms with Crippen LogP contribution in [0.2, 0.25) is 0 Å². The van der Waals surface area contributed by atoms with Crippen LogP contribution in [0.1, 0.15) is 24.5 Å². The summed E-state index contributed by atoms with van der Waals surface area (Å²) in [5.41, 5.74) is 2.37. The SMILES string of the molecule is CCC(=O)N1CCS[C@]12C(=O)N(Cc1ccc(F)cc1)c1ccc(OC)cc12. The number of methoxy groups -OCH3 is 1. The summed E-state index contributed by atoms with van der Waals surface area (Å²) >= 11 is 1.49. The van der Waals surface area contributed by atoms with E-state index in [0.29, 0.717) is 31.0 Å². The van der Waals surface area contributed by atoms with Crippen LogP contribution in [0, 0.1) is 5.82 Å². The molecule has 0 N–H and O–H groups in total. The first-order valence-electron chi connectivity index (χ1n) is 9.20. The van der Waals surface area contributed by atoms with E-state index in [0.717, 1.165) is 16.8 Å². The predicted molar refractivity (Wildman–Crippen MR) is 107 cm³/mol. The number of thioether (sulfide) groups is 1. The van der Waals surface area contributed by atoms with Crippen LogP contribution in [0.15, 0.2) is 42.5 Å². The molecule has 0 radical (unpaired) electrons. The molecular formula is C21H21FN2O3S. The number of halogens is 1. The molecule has 1 spiro atoms. The first kappa shape index (κ1) is 18.8. The van der Waals surface area contributed by atoms with Gasteiger partial charge in [-0.1, -0.05) is 19.1 Å². The molecule has 2 aromatic carbocycles. The molecule has 2 aliphatic heterocycles. The Morgan fingerprint density at radius 3 is 2.68 bits per heavy atom. The molecule has 1 fully saturated rings. The zero-order chi connectivity index (χ0) is 19.9. The summed E-state index contributed by atoms with van der Waals surface area (Å²) < 4.78 is 18.7. The fourth-order valence-corrected chi connectivity index (χ4v) is 5.37. The van der Waals surface area contributed by atoms with Crippen LogP contribution in [0.25, 0.3) is 0 Å². The fraction of sp³-hybridized carbons (Fsp3) is 0.333. The van der Waals surface area contributed by atoms with Gasteiger partial charge in [0.15, 0.2) is 4.87 Å². The standard InChI is InChI=1S/C21H21FN2O3S/c1-3-19(25)24-10-11-28-21(24)17-12-16(27-2)8-9-18(17)23(20(21)26)13-14-4-6-15(22)7-5-14/h4-9,12H,3,10-11,13H2,1-2H3/t21-/m1/s1. The normalized spacial score (nSPS) is 20.8. The van der Waals surface area contributed by atoms with E-state index < -0.39 is 4.87 Å². The van der Waals surface area contributed by atoms with E-state index in [1.165, 1.54) is 23.9 Å². The highest BCUT2D eigenvalue weighted by Gasteiger charge is 2.59. The van der Waals surface area contributed by atoms with Gasteiger partial charge in [-0.2, -0.15) is 0 Å². The second kappa shape index (κ2) is 7.13. The van der Waals surface area contributed by atoms with E-state index >= 15 is 0 Å². The van der Waals surface area contributed by atoms with Gasteiger partial charge in [0.1, 0.15) is 11.6 Å². The van der Waals surface area contributed by atoms with Crippen LogP contribution in [0.5, 0.6) is 5.75 Å². The largest absolute Gasteiger partial charge is 0.497 e. The second-order valence-electron chi connectivity index (χ2n) is 6.79. The number of amides is 2. The highest BCUT2D eigenvalue weighted by molar-refractivity contribution is 8.01. The molecule has 1 atom stereocenters. The molecular weight excluding hydrogens is 379 g/mol. The van der Waals surface area contributed by atoms with E-state index in [2.05, 4.69) is 0 Å². The Hall–Kier alpha value is -2.54. The first-order valence-corrected chi connectivity index (χ1v) is 10.2. The molecule has 0 unspecified atom stereocenters. The molecule has 2 aromatic rings. The molecule has 0 aliphatic carbocycles. The Bertz CT molecular complexity index is 934. The third kappa shape index (κ3) is 2.76. The topological polar surface area (TPSA) is 49.9 Å². The maximum atomic E-state index is 13.7. The van der Waals surface area contributed by atoms with E-state index in [1.54, 1.807) is 36.0 Å². The fourth-order valence-electron chi connectivity index (χ4n) is 3.90. The van der Waals surface area contributed by atoms with Gasteiger partial charge in [-0.15, -0.1) is 11.8 Å². The Balaban J connectivity index is 1.82. The summed E-state index contributed by atoms with van der Waals surface area (Å²) in [7, 11) is 1.58. The lowest BCUT2D eigenvalue weighted by Crippen LogP contribution is -2.50. The van der Waals surface area contributed by atoms with Crippen molar-refractivity contribution in [3.05, 3.63) is 59.4 Å². The molecule has 2 aliphatic rings. The van der Waals surface area contributed by atoms with Gasteiger partial charge in [0.25, 0.3) is 5.91 Å². The van der Waals surface area contributed by atoms with Crippen molar-refractivity contribution in [1.29, 1.82) is 0 Å². The van der Waals surface area contributed by atoms with Crippen molar-refractivity contribution in [3.63, 3.8) is 0 Å². The second-order valence-corrected chi connectivity index (χ2v) is 8.08. The summed E-state index contributed by atoms with van der Waals surface area (Å²) in [6, 6.07) is 11.6. The zero-order valence-electron chi connectivity index (χ0n) is 15.8. The number of carbonyl (C=O) groups excluding carboxylic acids is 2. The van der Waals surface area contributed by atoms with Gasteiger partial charge in [-0.25, -0.2) is 4.39 Å². The van der Waals surface area contributed by atoms with Crippen LogP contribution in [-0.4, -0.2) is 36.1 Å². The van der Waals surface area contributed by atoms with Crippen LogP contribution in [0.4, 0.5) is 10.1 Å². The van der Waals surface area contributed by atoms with Gasteiger partial charge >= 0.3 is 0 Å². The third-order valence-electron chi connectivity index (χ3n) is 5.26. The van der Waals surface area contributed by atoms with Gasteiger partial charge in [0.2, 0.25) is 5.91 Å². The highest BCUT2D eigenvalue weighted by atomic mass is 32.2. The predicted octanol–water partition coefficient (Wildman–Crippen LogP) is 3.52. The van der Waals surface area contributed by atoms with E-state index in [1.807, 2.05) is 18.2 Å². The molecule has 1 saturated heterocycles. The Labute approximate surface area is 167 Å². The van der Waals surface area contributed by atoms with Crippen molar-refractivity contribution in [2.24, 2.45) is 0 Å². The van der Waals surface area contributed by atoms with Crippen molar-refractivity contribution < 1.29 is 18.7 Å². The molecule has 28 heavy (non-hydrogen) atoms. The maximum absolute atomic E-state index is 13.7. The van der Waals surface area contributed by atoms with Crippen LogP contribution in [-0.2, 0) is 21.0 Å². The number of benzene rings is 2. The molecule has 0 saturated carbocycles. The van der Waals surface area contributed by atoms with Gasteiger partial charge in [0.05, 0.1) is 19.3 Å². The van der Waals surface area contributed by atoms with Gasteiger partial charge in [0, 0.05) is 24.3 Å². The van der Waals surface area contributed by atoms with Crippen molar-refractivity contribution in [1.82, 2.24) is 4.90 Å². The van der Waals surface area contributed by atoms with Crippen molar-refractivity contribution in [3.8, 4) is 5.75 Å². The average molecular weight is 400 g/mol.